The molecule has 1 fully saturated rings. The molecule has 0 aromatic carbocycles. The maximum atomic E-state index is 4.36. The molecular formula is C11H15N5. The van der Waals surface area contributed by atoms with Gasteiger partial charge in [-0.1, -0.05) is 0 Å². The second kappa shape index (κ2) is 3.45. The summed E-state index contributed by atoms with van der Waals surface area (Å²) < 4.78 is 3.99. The van der Waals surface area contributed by atoms with Crippen LogP contribution < -0.4 is 5.32 Å². The van der Waals surface area contributed by atoms with Crippen LogP contribution in [0.25, 0.3) is 5.69 Å². The van der Waals surface area contributed by atoms with E-state index in [4.69, 9.17) is 0 Å². The Bertz CT molecular complexity index is 506. The minimum Gasteiger partial charge on any atom is -0.315 e. The number of aromatic nitrogens is 4. The normalized spacial score (nSPS) is 16.4. The molecule has 1 aliphatic heterocycles. The van der Waals surface area contributed by atoms with Gasteiger partial charge in [0, 0.05) is 44.1 Å². The fraction of sp³-hybridized carbons (Fsp3) is 0.455. The molecule has 84 valence electrons. The number of nitrogens with zero attached hydrogens (tertiary/aromatic N) is 4. The molecule has 5 nitrogen and oxygen atoms in total. The summed E-state index contributed by atoms with van der Waals surface area (Å²) in [6.07, 6.45) is 5.86. The summed E-state index contributed by atoms with van der Waals surface area (Å²) in [5, 5.41) is 7.65. The maximum Gasteiger partial charge on any atom is 0.0995 e. The lowest BCUT2D eigenvalue weighted by Gasteiger charge is -2.27. The number of nitrogens with one attached hydrogen (secondary N) is 1. The predicted octanol–water partition coefficient (Wildman–Crippen LogP) is 0.601. The number of aryl methyl sites for hydroxylation is 2. The van der Waals surface area contributed by atoms with Crippen LogP contribution in [0.3, 0.4) is 0 Å². The molecular weight excluding hydrogens is 202 g/mol. The summed E-state index contributed by atoms with van der Waals surface area (Å²) in [5.41, 5.74) is 3.44. The van der Waals surface area contributed by atoms with E-state index in [1.807, 2.05) is 37.4 Å². The molecule has 5 heteroatoms. The lowest BCUT2D eigenvalue weighted by Crippen LogP contribution is -2.40. The van der Waals surface area contributed by atoms with Crippen LogP contribution in [-0.2, 0) is 7.05 Å². The molecule has 1 aliphatic rings. The van der Waals surface area contributed by atoms with E-state index in [0.29, 0.717) is 5.92 Å². The van der Waals surface area contributed by atoms with Crippen molar-refractivity contribution >= 4 is 0 Å². The van der Waals surface area contributed by atoms with Gasteiger partial charge in [-0.15, -0.1) is 0 Å². The summed E-state index contributed by atoms with van der Waals surface area (Å²) >= 11 is 0. The highest BCUT2D eigenvalue weighted by Crippen LogP contribution is 2.23. The smallest absolute Gasteiger partial charge is 0.0995 e. The van der Waals surface area contributed by atoms with E-state index in [9.17, 15) is 0 Å². The van der Waals surface area contributed by atoms with Gasteiger partial charge in [-0.05, 0) is 6.92 Å². The van der Waals surface area contributed by atoms with Crippen molar-refractivity contribution in [3.63, 3.8) is 0 Å². The van der Waals surface area contributed by atoms with Crippen LogP contribution in [0.15, 0.2) is 18.7 Å². The van der Waals surface area contributed by atoms with Crippen molar-refractivity contribution in [2.75, 3.05) is 13.1 Å². The van der Waals surface area contributed by atoms with Crippen molar-refractivity contribution in [3.05, 3.63) is 30.1 Å². The van der Waals surface area contributed by atoms with Gasteiger partial charge in [0.15, 0.2) is 0 Å². The zero-order chi connectivity index (χ0) is 11.1. The Kier molecular flexibility index (Phi) is 2.07. The van der Waals surface area contributed by atoms with Crippen molar-refractivity contribution in [3.8, 4) is 5.69 Å². The van der Waals surface area contributed by atoms with Gasteiger partial charge < -0.3 is 5.32 Å². The fourth-order valence-electron chi connectivity index (χ4n) is 2.13. The molecule has 2 aromatic rings. The number of hydrogen-bond acceptors (Lipinski definition) is 3. The lowest BCUT2D eigenvalue weighted by atomic mass is 10.00. The Hall–Kier alpha value is -1.62. The van der Waals surface area contributed by atoms with Crippen molar-refractivity contribution in [1.82, 2.24) is 24.6 Å². The molecule has 0 saturated carbocycles. The van der Waals surface area contributed by atoms with E-state index in [1.54, 1.807) is 0 Å². The quantitative estimate of drug-likeness (QED) is 0.801. The molecule has 0 amide bonds. The van der Waals surface area contributed by atoms with Crippen LogP contribution in [0.5, 0.6) is 0 Å². The van der Waals surface area contributed by atoms with Gasteiger partial charge in [0.1, 0.15) is 0 Å². The first kappa shape index (κ1) is 9.59. The Morgan fingerprint density at radius 3 is 2.81 bits per heavy atom. The topological polar surface area (TPSA) is 47.7 Å². The summed E-state index contributed by atoms with van der Waals surface area (Å²) in [6.45, 7) is 4.12. The van der Waals surface area contributed by atoms with E-state index >= 15 is 0 Å². The molecule has 0 bridgehead atoms. The van der Waals surface area contributed by atoms with Gasteiger partial charge in [-0.2, -0.15) is 5.10 Å². The lowest BCUT2D eigenvalue weighted by molar-refractivity contribution is 0.435. The number of rotatable bonds is 2. The number of imidazole rings is 1. The molecule has 0 aliphatic carbocycles. The molecule has 3 rings (SSSR count). The van der Waals surface area contributed by atoms with E-state index < -0.39 is 0 Å². The summed E-state index contributed by atoms with van der Waals surface area (Å²) in [6, 6.07) is 0. The van der Waals surface area contributed by atoms with Crippen molar-refractivity contribution in [1.29, 1.82) is 0 Å². The van der Waals surface area contributed by atoms with Crippen LogP contribution in [0.4, 0.5) is 0 Å². The SMILES string of the molecule is Cc1nn(C)cc1-n1cncc1C1CNC1. The van der Waals surface area contributed by atoms with Gasteiger partial charge in [-0.3, -0.25) is 9.25 Å². The molecule has 1 N–H and O–H groups in total. The third-order valence-corrected chi connectivity index (χ3v) is 3.11. The summed E-state index contributed by atoms with van der Waals surface area (Å²) in [4.78, 5) is 4.25. The molecule has 0 radical (unpaired) electrons. The summed E-state index contributed by atoms with van der Waals surface area (Å²) in [7, 11) is 1.94. The zero-order valence-corrected chi connectivity index (χ0v) is 9.51. The Balaban J connectivity index is 2.05. The van der Waals surface area contributed by atoms with Crippen LogP contribution in [0.1, 0.15) is 17.3 Å². The van der Waals surface area contributed by atoms with Crippen LogP contribution in [-0.4, -0.2) is 32.4 Å². The third-order valence-electron chi connectivity index (χ3n) is 3.11. The molecule has 0 atom stereocenters. The second-order valence-corrected chi connectivity index (χ2v) is 4.32. The monoisotopic (exact) mass is 217 g/mol. The first-order chi connectivity index (χ1) is 7.75. The highest BCUT2D eigenvalue weighted by molar-refractivity contribution is 5.37. The molecule has 1 saturated heterocycles. The van der Waals surface area contributed by atoms with E-state index in [-0.39, 0.29) is 0 Å². The third kappa shape index (κ3) is 1.36. The standard InChI is InChI=1S/C11H15N5/c1-8-11(6-15(2)14-8)16-7-13-5-10(16)9-3-12-4-9/h5-7,9,12H,3-4H2,1-2H3. The summed E-state index contributed by atoms with van der Waals surface area (Å²) in [5.74, 6) is 0.585. The van der Waals surface area contributed by atoms with Crippen LogP contribution >= 0.6 is 0 Å². The van der Waals surface area contributed by atoms with Gasteiger partial charge in [0.25, 0.3) is 0 Å². The first-order valence-electron chi connectivity index (χ1n) is 5.49. The molecule has 0 unspecified atom stereocenters. The molecule has 3 heterocycles. The second-order valence-electron chi connectivity index (χ2n) is 4.32. The Morgan fingerprint density at radius 1 is 1.44 bits per heavy atom. The number of hydrogen-bond donors (Lipinski definition) is 1. The van der Waals surface area contributed by atoms with Crippen molar-refractivity contribution in [2.24, 2.45) is 7.05 Å². The minimum atomic E-state index is 0.585. The largest absolute Gasteiger partial charge is 0.315 e. The van der Waals surface area contributed by atoms with E-state index in [0.717, 1.165) is 24.5 Å². The van der Waals surface area contributed by atoms with Crippen LogP contribution in [0, 0.1) is 6.92 Å². The first-order valence-corrected chi connectivity index (χ1v) is 5.49. The molecule has 2 aromatic heterocycles. The molecule has 16 heavy (non-hydrogen) atoms. The van der Waals surface area contributed by atoms with Crippen molar-refractivity contribution in [2.45, 2.75) is 12.8 Å². The van der Waals surface area contributed by atoms with Gasteiger partial charge in [0.05, 0.1) is 17.7 Å². The fourth-order valence-corrected chi connectivity index (χ4v) is 2.13. The minimum absolute atomic E-state index is 0.585. The Morgan fingerprint density at radius 2 is 2.25 bits per heavy atom. The highest BCUT2D eigenvalue weighted by atomic mass is 15.3. The zero-order valence-electron chi connectivity index (χ0n) is 9.51. The van der Waals surface area contributed by atoms with E-state index in [1.165, 1.54) is 5.69 Å². The van der Waals surface area contributed by atoms with Crippen LogP contribution in [0.2, 0.25) is 0 Å². The van der Waals surface area contributed by atoms with E-state index in [2.05, 4.69) is 20.0 Å². The van der Waals surface area contributed by atoms with Crippen molar-refractivity contribution < 1.29 is 0 Å². The van der Waals surface area contributed by atoms with Gasteiger partial charge >= 0.3 is 0 Å². The predicted molar refractivity (Wildman–Crippen MR) is 60.7 cm³/mol. The maximum absolute atomic E-state index is 4.36. The van der Waals surface area contributed by atoms with Gasteiger partial charge in [-0.25, -0.2) is 4.98 Å². The molecule has 0 spiro atoms. The Labute approximate surface area is 94.1 Å². The van der Waals surface area contributed by atoms with Gasteiger partial charge in [0.2, 0.25) is 0 Å². The highest BCUT2D eigenvalue weighted by Gasteiger charge is 2.23. The average Bonchev–Trinajstić information content (AvgIpc) is 2.70. The average molecular weight is 217 g/mol.